The van der Waals surface area contributed by atoms with E-state index in [1.165, 1.54) is 0 Å². The van der Waals surface area contributed by atoms with E-state index in [2.05, 4.69) is 70.6 Å². The molecule has 3 heteroatoms. The minimum atomic E-state index is -3.27. The molecule has 0 atom stereocenters. The summed E-state index contributed by atoms with van der Waals surface area (Å²) in [7, 11) is 0. The van der Waals surface area contributed by atoms with E-state index in [1.54, 1.807) is 0 Å². The van der Waals surface area contributed by atoms with Crippen molar-refractivity contribution in [1.29, 1.82) is 0 Å². The van der Waals surface area contributed by atoms with Gasteiger partial charge in [0.15, 0.2) is 0 Å². The Morgan fingerprint density at radius 2 is 0.667 bits per heavy atom. The predicted molar refractivity (Wildman–Crippen MR) is 63.2 cm³/mol. The molecule has 0 aromatic heterocycles. The Labute approximate surface area is 73.0 Å². The summed E-state index contributed by atoms with van der Waals surface area (Å²) in [5, 5.41) is 14.4. The second-order valence-electron chi connectivity index (χ2n) is 6.22. The summed E-state index contributed by atoms with van der Waals surface area (Å²) in [4.78, 5) is 0. The van der Waals surface area contributed by atoms with Gasteiger partial charge in [0, 0.05) is 0 Å². The second kappa shape index (κ2) is 0.934. The summed E-state index contributed by atoms with van der Waals surface area (Å²) in [5.74, 6) is 0. The first-order chi connectivity index (χ1) is 2.83. The fraction of sp³-hybridized carbons (Fsp3) is 1.00. The van der Waals surface area contributed by atoms with Crippen molar-refractivity contribution in [3.63, 3.8) is 0 Å². The fourth-order valence-electron chi connectivity index (χ4n) is 0. The molecule has 9 heavy (non-hydrogen) atoms. The number of hydrogen-bond donors (Lipinski definition) is 0. The maximum atomic E-state index is 2.66. The number of halogens is 2. The Kier molecular flexibility index (Phi) is 1.16. The van der Waals surface area contributed by atoms with Gasteiger partial charge in [0.25, 0.3) is 0 Å². The zero-order valence-electron chi connectivity index (χ0n) is 7.07. The molecule has 0 aliphatic heterocycles. The molecule has 0 saturated carbocycles. The van der Waals surface area contributed by atoms with Gasteiger partial charge in [-0.3, -0.25) is 0 Å². The van der Waals surface area contributed by atoms with Crippen LogP contribution in [0.1, 0.15) is 0 Å². The van der Waals surface area contributed by atoms with E-state index in [0.29, 0.717) is 0 Å². The van der Waals surface area contributed by atoms with Crippen molar-refractivity contribution < 1.29 is 3.69 Å². The van der Waals surface area contributed by atoms with Crippen LogP contribution in [-0.2, 0) is 3.69 Å². The molecule has 0 spiro atoms. The summed E-state index contributed by atoms with van der Waals surface area (Å²) in [5.41, 5.74) is 0. The average molecular weight is 539 g/mol. The Bertz CT molecular complexity index is 146. The summed E-state index contributed by atoms with van der Waals surface area (Å²) in [6, 6.07) is 0. The van der Waals surface area contributed by atoms with Crippen LogP contribution < -0.4 is 0 Å². The monoisotopic (exact) mass is 539 g/mol. The van der Waals surface area contributed by atoms with E-state index < -0.39 is 3.69 Å². The molecular formula is C6H18I2Pt. The molecule has 0 aromatic carbocycles. The third-order valence-electron chi connectivity index (χ3n) is 0. The van der Waals surface area contributed by atoms with Crippen LogP contribution in [0.4, 0.5) is 0 Å². The van der Waals surface area contributed by atoms with Crippen LogP contribution in [0.25, 0.3) is 0 Å². The van der Waals surface area contributed by atoms with E-state index in [1.807, 2.05) is 0 Å². The van der Waals surface area contributed by atoms with E-state index in [9.17, 15) is 0 Å². The van der Waals surface area contributed by atoms with Crippen molar-refractivity contribution in [2.45, 2.75) is 31.9 Å². The quantitative estimate of drug-likeness (QED) is 0.369. The molecule has 0 heterocycles. The molecule has 0 bridgehead atoms. The van der Waals surface area contributed by atoms with Crippen LogP contribution in [0.3, 0.4) is 0 Å². The van der Waals surface area contributed by atoms with E-state index in [0.717, 1.165) is 0 Å². The summed E-state index contributed by atoms with van der Waals surface area (Å²) in [6.45, 7) is 0. The van der Waals surface area contributed by atoms with Gasteiger partial charge in [0.05, 0.1) is 0 Å². The Morgan fingerprint density at radius 3 is 0.667 bits per heavy atom. The van der Waals surface area contributed by atoms with Crippen molar-refractivity contribution in [2.75, 3.05) is 0 Å². The van der Waals surface area contributed by atoms with Crippen LogP contribution in [0.15, 0.2) is 0 Å². The Morgan fingerprint density at radius 1 is 0.667 bits per heavy atom. The first kappa shape index (κ1) is 11.1. The van der Waals surface area contributed by atoms with Gasteiger partial charge in [0.2, 0.25) is 0 Å². The van der Waals surface area contributed by atoms with Gasteiger partial charge in [-0.1, -0.05) is 0 Å². The Balaban J connectivity index is 5.84. The SMILES string of the molecule is [CH3][Pt]([CH3])([CH3])([CH3])([CH3])([CH3])([I])[I]. The molecule has 0 aliphatic carbocycles. The van der Waals surface area contributed by atoms with Gasteiger partial charge in [0.1, 0.15) is 0 Å². The van der Waals surface area contributed by atoms with E-state index >= 15 is 0 Å². The summed E-state index contributed by atoms with van der Waals surface area (Å²) in [6.07, 6.45) is 0. The molecule has 0 aliphatic rings. The zero-order chi connectivity index (χ0) is 8.35. The van der Waals surface area contributed by atoms with Gasteiger partial charge < -0.3 is 0 Å². The topological polar surface area (TPSA) is 0 Å². The number of hydrogen-bond acceptors (Lipinski definition) is 0. The number of rotatable bonds is 0. The van der Waals surface area contributed by atoms with Gasteiger partial charge in [-0.15, -0.1) is 0 Å². The first-order valence-corrected chi connectivity index (χ1v) is 28.7. The second-order valence-corrected chi connectivity index (χ2v) is 134. The van der Waals surface area contributed by atoms with Crippen LogP contribution in [0.5, 0.6) is 0 Å². The van der Waals surface area contributed by atoms with Crippen LogP contribution in [0, 0.1) is 0 Å². The van der Waals surface area contributed by atoms with Crippen molar-refractivity contribution in [2.24, 2.45) is 0 Å². The average Bonchev–Trinajstić information content (AvgIpc) is 0.503. The molecule has 66 valence electrons. The standard InChI is InChI=1S/6CH3.2HI.Pt/h6*1H3;2*1H;/q;;;;;;;;+2/p-2. The molecule has 0 rings (SSSR count). The zero-order valence-corrected chi connectivity index (χ0v) is 13.7. The molecule has 0 radical (unpaired) electrons. The fourth-order valence-corrected chi connectivity index (χ4v) is 0. The van der Waals surface area contributed by atoms with Crippen molar-refractivity contribution in [3.8, 4) is 0 Å². The van der Waals surface area contributed by atoms with Crippen molar-refractivity contribution in [1.82, 2.24) is 0 Å². The van der Waals surface area contributed by atoms with Crippen molar-refractivity contribution in [3.05, 3.63) is 0 Å². The Hall–Kier alpha value is 2.15. The van der Waals surface area contributed by atoms with E-state index in [4.69, 9.17) is 0 Å². The van der Waals surface area contributed by atoms with Gasteiger partial charge >= 0.3 is 74.3 Å². The molecule has 0 unspecified atom stereocenters. The predicted octanol–water partition coefficient (Wildman–Crippen LogP) is 5.27. The molecule has 0 N–H and O–H groups in total. The first-order valence-electron chi connectivity index (χ1n) is 2.14. The molecular weight excluding hydrogens is 521 g/mol. The molecule has 0 amide bonds. The normalized spacial score (nSPS) is 31.1. The maximum absolute atomic E-state index is 3.27. The van der Waals surface area contributed by atoms with Gasteiger partial charge in [-0.05, 0) is 0 Å². The molecule has 0 fully saturated rings. The minimum absolute atomic E-state index is 2.41. The van der Waals surface area contributed by atoms with E-state index in [-0.39, 0.29) is 0 Å². The van der Waals surface area contributed by atoms with Crippen LogP contribution in [0.2, 0.25) is 31.9 Å². The van der Waals surface area contributed by atoms with Crippen LogP contribution in [-0.4, -0.2) is 0 Å². The molecule has 0 aromatic rings. The third-order valence-corrected chi connectivity index (χ3v) is 0. The summed E-state index contributed by atoms with van der Waals surface area (Å²) >= 11 is 5.33. The van der Waals surface area contributed by atoms with Crippen molar-refractivity contribution >= 4 is 38.7 Å². The van der Waals surface area contributed by atoms with Crippen LogP contribution >= 0.6 is 38.7 Å². The van der Waals surface area contributed by atoms with Gasteiger partial charge in [-0.25, -0.2) is 0 Å². The molecule has 0 saturated heterocycles. The third kappa shape index (κ3) is 146. The summed E-state index contributed by atoms with van der Waals surface area (Å²) < 4.78 is -3.27. The van der Waals surface area contributed by atoms with Gasteiger partial charge in [-0.2, -0.15) is 0 Å². The molecule has 0 nitrogen and oxygen atoms in total.